The molecule has 1 amide bonds. The van der Waals surface area contributed by atoms with Gasteiger partial charge in [0.25, 0.3) is 5.91 Å². The van der Waals surface area contributed by atoms with Gasteiger partial charge in [-0.2, -0.15) is 0 Å². The maximum absolute atomic E-state index is 12.6. The molecule has 0 aromatic heterocycles. The fraction of sp³-hybridized carbons (Fsp3) is 0.174. The zero-order valence-electron chi connectivity index (χ0n) is 16.8. The van der Waals surface area contributed by atoms with Crippen molar-refractivity contribution >= 4 is 40.6 Å². The second-order valence-electron chi connectivity index (χ2n) is 6.31. The number of amidine groups is 1. The molecule has 0 N–H and O–H groups in total. The highest BCUT2D eigenvalue weighted by atomic mass is 32.2. The molecule has 0 unspecified atom stereocenters. The number of aliphatic imine (C=N–C) groups is 1. The molecule has 0 atom stereocenters. The number of rotatable bonds is 7. The van der Waals surface area contributed by atoms with Crippen molar-refractivity contribution in [2.75, 3.05) is 20.3 Å². The van der Waals surface area contributed by atoms with Crippen LogP contribution in [0.15, 0.2) is 71.1 Å². The van der Waals surface area contributed by atoms with Crippen molar-refractivity contribution < 1.29 is 19.1 Å². The smallest absolute Gasteiger partial charge is 0.338 e. The second-order valence-corrected chi connectivity index (χ2v) is 7.31. The molecular weight excluding hydrogens is 400 g/mol. The van der Waals surface area contributed by atoms with E-state index in [-0.39, 0.29) is 11.9 Å². The largest absolute Gasteiger partial charge is 0.490 e. The minimum Gasteiger partial charge on any atom is -0.490 e. The monoisotopic (exact) mass is 422 g/mol. The molecule has 3 rings (SSSR count). The molecule has 0 radical (unpaired) electrons. The van der Waals surface area contributed by atoms with Crippen LogP contribution in [0.1, 0.15) is 22.8 Å². The van der Waals surface area contributed by atoms with Crippen molar-refractivity contribution in [3.8, 4) is 5.75 Å². The Balaban J connectivity index is 1.74. The molecule has 2 aromatic rings. The molecule has 0 spiro atoms. The van der Waals surface area contributed by atoms with Crippen LogP contribution in [0.25, 0.3) is 6.08 Å². The van der Waals surface area contributed by atoms with Crippen molar-refractivity contribution in [3.05, 3.63) is 77.2 Å². The van der Waals surface area contributed by atoms with Crippen LogP contribution >= 0.6 is 11.8 Å². The van der Waals surface area contributed by atoms with E-state index < -0.39 is 0 Å². The number of amides is 1. The number of nitrogens with zero attached hydrogens (tertiary/aromatic N) is 2. The average Bonchev–Trinajstić information content (AvgIpc) is 3.01. The lowest BCUT2D eigenvalue weighted by atomic mass is 10.2. The van der Waals surface area contributed by atoms with E-state index in [1.165, 1.54) is 16.7 Å². The molecule has 7 heteroatoms. The van der Waals surface area contributed by atoms with E-state index in [0.717, 1.165) is 11.3 Å². The Hall–Kier alpha value is -3.32. The minimum atomic E-state index is -0.370. The number of carbonyl (C=O) groups excluding carboxylic acids is 2. The lowest BCUT2D eigenvalue weighted by molar-refractivity contribution is -0.121. The summed E-state index contributed by atoms with van der Waals surface area (Å²) in [4.78, 5) is 31.0. The van der Waals surface area contributed by atoms with Gasteiger partial charge in [0.2, 0.25) is 0 Å². The highest BCUT2D eigenvalue weighted by molar-refractivity contribution is 8.18. The van der Waals surface area contributed by atoms with Crippen LogP contribution in [0.4, 0.5) is 5.69 Å². The number of thioether (sulfide) groups is 1. The normalized spacial score (nSPS) is 16.2. The summed E-state index contributed by atoms with van der Waals surface area (Å²) in [6.45, 7) is 6.16. The van der Waals surface area contributed by atoms with Crippen LogP contribution in [0.2, 0.25) is 0 Å². The van der Waals surface area contributed by atoms with E-state index in [9.17, 15) is 9.59 Å². The Kier molecular flexibility index (Phi) is 7.08. The van der Waals surface area contributed by atoms with Crippen molar-refractivity contribution in [1.29, 1.82) is 0 Å². The van der Waals surface area contributed by atoms with Crippen LogP contribution in [-0.2, 0) is 9.53 Å². The minimum absolute atomic E-state index is 0.117. The number of likely N-dealkylation sites (N-methyl/N-ethyl adjacent to an activating group) is 1. The van der Waals surface area contributed by atoms with E-state index in [0.29, 0.717) is 34.5 Å². The van der Waals surface area contributed by atoms with Crippen LogP contribution in [0.3, 0.4) is 0 Å². The highest BCUT2D eigenvalue weighted by Gasteiger charge is 2.30. The quantitative estimate of drug-likeness (QED) is 0.369. The number of benzene rings is 2. The second kappa shape index (κ2) is 9.93. The van der Waals surface area contributed by atoms with Gasteiger partial charge in [-0.15, -0.1) is 0 Å². The van der Waals surface area contributed by atoms with Gasteiger partial charge in [-0.05, 0) is 66.7 Å². The predicted molar refractivity (Wildman–Crippen MR) is 120 cm³/mol. The fourth-order valence-electron chi connectivity index (χ4n) is 2.62. The first kappa shape index (κ1) is 21.4. The molecule has 0 aliphatic carbocycles. The van der Waals surface area contributed by atoms with Gasteiger partial charge < -0.3 is 9.47 Å². The molecule has 0 saturated carbocycles. The molecule has 1 aliphatic rings. The zero-order valence-corrected chi connectivity index (χ0v) is 17.6. The number of esters is 1. The third-order valence-corrected chi connectivity index (χ3v) is 5.21. The van der Waals surface area contributed by atoms with Crippen LogP contribution in [-0.4, -0.2) is 42.2 Å². The summed E-state index contributed by atoms with van der Waals surface area (Å²) in [5.41, 5.74) is 2.01. The molecule has 1 fully saturated rings. The van der Waals surface area contributed by atoms with Crippen molar-refractivity contribution in [3.63, 3.8) is 0 Å². The zero-order chi connectivity index (χ0) is 21.5. The number of ether oxygens (including phenoxy) is 2. The summed E-state index contributed by atoms with van der Waals surface area (Å²) in [7, 11) is 1.69. The van der Waals surface area contributed by atoms with Crippen LogP contribution < -0.4 is 4.74 Å². The summed E-state index contributed by atoms with van der Waals surface area (Å²) in [6, 6.07) is 14.2. The Labute approximate surface area is 179 Å². The topological polar surface area (TPSA) is 68.2 Å². The van der Waals surface area contributed by atoms with Gasteiger partial charge in [0.15, 0.2) is 5.17 Å². The van der Waals surface area contributed by atoms with Crippen molar-refractivity contribution in [2.24, 2.45) is 4.99 Å². The van der Waals surface area contributed by atoms with E-state index in [2.05, 4.69) is 11.6 Å². The van der Waals surface area contributed by atoms with E-state index >= 15 is 0 Å². The molecule has 2 aromatic carbocycles. The predicted octanol–water partition coefficient (Wildman–Crippen LogP) is 4.66. The van der Waals surface area contributed by atoms with Gasteiger partial charge in [-0.1, -0.05) is 24.8 Å². The first-order valence-corrected chi connectivity index (χ1v) is 10.2. The first-order valence-electron chi connectivity index (χ1n) is 9.39. The van der Waals surface area contributed by atoms with Gasteiger partial charge in [0.1, 0.15) is 12.4 Å². The molecule has 1 saturated heterocycles. The van der Waals surface area contributed by atoms with Crippen LogP contribution in [0.5, 0.6) is 5.75 Å². The molecule has 6 nitrogen and oxygen atoms in total. The van der Waals surface area contributed by atoms with Gasteiger partial charge in [-0.3, -0.25) is 9.69 Å². The molecule has 30 heavy (non-hydrogen) atoms. The van der Waals surface area contributed by atoms with Crippen LogP contribution in [0, 0.1) is 0 Å². The molecular formula is C23H22N2O4S. The first-order chi connectivity index (χ1) is 14.5. The van der Waals surface area contributed by atoms with Gasteiger partial charge >= 0.3 is 5.97 Å². The number of hydrogen-bond donors (Lipinski definition) is 0. The van der Waals surface area contributed by atoms with E-state index in [1.807, 2.05) is 30.3 Å². The summed E-state index contributed by atoms with van der Waals surface area (Å²) < 4.78 is 10.4. The number of hydrogen-bond acceptors (Lipinski definition) is 6. The molecule has 154 valence electrons. The molecule has 1 heterocycles. The lowest BCUT2D eigenvalue weighted by Gasteiger charge is -2.07. The van der Waals surface area contributed by atoms with E-state index in [1.54, 1.807) is 44.3 Å². The maximum atomic E-state index is 12.6. The van der Waals surface area contributed by atoms with Crippen molar-refractivity contribution in [2.45, 2.75) is 6.92 Å². The van der Waals surface area contributed by atoms with Gasteiger partial charge in [0, 0.05) is 7.05 Å². The maximum Gasteiger partial charge on any atom is 0.338 e. The fourth-order valence-corrected chi connectivity index (χ4v) is 3.60. The highest BCUT2D eigenvalue weighted by Crippen LogP contribution is 2.33. The summed E-state index contributed by atoms with van der Waals surface area (Å²) in [5.74, 6) is 0.257. The van der Waals surface area contributed by atoms with E-state index in [4.69, 9.17) is 9.47 Å². The van der Waals surface area contributed by atoms with Gasteiger partial charge in [-0.25, -0.2) is 9.79 Å². The molecule has 0 bridgehead atoms. The Bertz CT molecular complexity index is 995. The van der Waals surface area contributed by atoms with Crippen molar-refractivity contribution in [1.82, 2.24) is 4.90 Å². The molecule has 1 aliphatic heterocycles. The standard InChI is InChI=1S/C23H22N2O4S/c1-4-14-29-19-12-6-16(7-13-19)15-20-21(26)25(3)23(30-20)24-18-10-8-17(9-11-18)22(27)28-5-2/h4,6-13,15H,1,5,14H2,2-3H3/b20-15-,24-23?. The number of carbonyl (C=O) groups is 2. The average molecular weight is 423 g/mol. The lowest BCUT2D eigenvalue weighted by Crippen LogP contribution is -2.23. The van der Waals surface area contributed by atoms with Gasteiger partial charge in [0.05, 0.1) is 22.8 Å². The Morgan fingerprint density at radius 1 is 1.17 bits per heavy atom. The third kappa shape index (κ3) is 5.18. The third-order valence-electron chi connectivity index (χ3n) is 4.15. The Morgan fingerprint density at radius 3 is 2.50 bits per heavy atom. The summed E-state index contributed by atoms with van der Waals surface area (Å²) in [6.07, 6.45) is 3.51. The summed E-state index contributed by atoms with van der Waals surface area (Å²) >= 11 is 1.30. The SMILES string of the molecule is C=CCOc1ccc(/C=C2\SC(=Nc3ccc(C(=O)OCC)cc3)N(C)C2=O)cc1. The Morgan fingerprint density at radius 2 is 1.87 bits per heavy atom. The summed E-state index contributed by atoms with van der Waals surface area (Å²) in [5, 5.41) is 0.570.